The minimum Gasteiger partial charge on any atom is -0.502 e. The summed E-state index contributed by atoms with van der Waals surface area (Å²) in [6.07, 6.45) is -1.53. The summed E-state index contributed by atoms with van der Waals surface area (Å²) in [6.45, 7) is -1.16. The van der Waals surface area contributed by atoms with Crippen molar-refractivity contribution in [3.05, 3.63) is 11.5 Å². The van der Waals surface area contributed by atoms with E-state index in [1.807, 2.05) is 0 Å². The van der Waals surface area contributed by atoms with Crippen LogP contribution in [-0.4, -0.2) is 17.0 Å². The van der Waals surface area contributed by atoms with E-state index in [0.29, 0.717) is 0 Å². The fourth-order valence-electron chi connectivity index (χ4n) is 0.584. The molecule has 1 unspecified atom stereocenters. The first-order valence-electron chi connectivity index (χ1n) is 3.94. The monoisotopic (exact) mass is 131 g/mol. The number of hydrogen-bond donors (Lipinski definition) is 1. The van der Waals surface area contributed by atoms with Crippen LogP contribution in [0.15, 0.2) is 11.5 Å². The molecule has 1 N–H and O–H groups in total. The zero-order valence-electron chi connectivity index (χ0n) is 7.84. The predicted molar refractivity (Wildman–Crippen MR) is 30.9 cm³/mol. The third-order valence-electron chi connectivity index (χ3n) is 1.10. The highest BCUT2D eigenvalue weighted by atomic mass is 16.5. The number of hydrogen-bond acceptors (Lipinski definition) is 3. The largest absolute Gasteiger partial charge is 0.502 e. The Kier molecular flexibility index (Phi) is 0.633. The second-order valence-corrected chi connectivity index (χ2v) is 1.77. The van der Waals surface area contributed by atoms with E-state index in [4.69, 9.17) is 9.22 Å². The molecule has 0 aliphatic carbocycles. The van der Waals surface area contributed by atoms with Gasteiger partial charge in [-0.15, -0.1) is 0 Å². The van der Waals surface area contributed by atoms with Crippen LogP contribution in [0.25, 0.3) is 0 Å². The third-order valence-corrected chi connectivity index (χ3v) is 1.10. The molecule has 0 aromatic heterocycles. The average Bonchev–Trinajstić information content (AvgIpc) is 2.15. The summed E-state index contributed by atoms with van der Waals surface area (Å²) in [7, 11) is 0. The van der Waals surface area contributed by atoms with Crippen LogP contribution in [0.4, 0.5) is 0 Å². The van der Waals surface area contributed by atoms with Crippen molar-refractivity contribution in [1.29, 1.82) is 0 Å². The van der Waals surface area contributed by atoms with Gasteiger partial charge in [0.2, 0.25) is 11.5 Å². The maximum atomic E-state index is 11.0. The van der Waals surface area contributed by atoms with Crippen LogP contribution < -0.4 is 0 Å². The van der Waals surface area contributed by atoms with Gasteiger partial charge in [-0.3, -0.25) is 4.79 Å². The fraction of sp³-hybridized carbons (Fsp3) is 0.500. The summed E-state index contributed by atoms with van der Waals surface area (Å²) >= 11 is 0. The summed E-state index contributed by atoms with van der Waals surface area (Å²) in [5.74, 6) is -1.48. The first kappa shape index (κ1) is 3.25. The minimum atomic E-state index is -2.51. The summed E-state index contributed by atoms with van der Waals surface area (Å²) < 4.78 is 25.3. The third kappa shape index (κ3) is 0.781. The van der Waals surface area contributed by atoms with E-state index < -0.39 is 24.5 Å². The second kappa shape index (κ2) is 1.76. The van der Waals surface area contributed by atoms with Crippen LogP contribution in [0.2, 0.25) is 0 Å². The van der Waals surface area contributed by atoms with Gasteiger partial charge in [-0.1, -0.05) is 0 Å². The van der Waals surface area contributed by atoms with Crippen LogP contribution in [0.1, 0.15) is 17.9 Å². The van der Waals surface area contributed by atoms with Crippen molar-refractivity contribution in [3.63, 3.8) is 0 Å². The molecular weight excluding hydrogens is 120 g/mol. The Hall–Kier alpha value is -0.990. The van der Waals surface area contributed by atoms with Crippen molar-refractivity contribution in [2.45, 2.75) is 19.9 Å². The molecule has 1 aliphatic rings. The standard InChI is InChI=1S/C6H8O3/c1-3-5(7)6(8)4(2)9-3/h3,8H,1-2H3/i1D3. The van der Waals surface area contributed by atoms with E-state index in [0.717, 1.165) is 0 Å². The number of ether oxygens (including phenoxy) is 1. The lowest BCUT2D eigenvalue weighted by molar-refractivity contribution is -0.122. The first-order chi connectivity index (χ1) is 5.34. The van der Waals surface area contributed by atoms with Crippen LogP contribution in [-0.2, 0) is 9.53 Å². The average molecular weight is 131 g/mol. The maximum absolute atomic E-state index is 11.0. The smallest absolute Gasteiger partial charge is 0.240 e. The van der Waals surface area contributed by atoms with Crippen molar-refractivity contribution < 1.29 is 18.8 Å². The molecule has 1 atom stereocenters. The van der Waals surface area contributed by atoms with Gasteiger partial charge < -0.3 is 9.84 Å². The zero-order chi connectivity index (χ0) is 9.52. The molecule has 0 aromatic rings. The number of aliphatic hydroxyl groups excluding tert-OH is 1. The van der Waals surface area contributed by atoms with Crippen LogP contribution in [0.5, 0.6) is 0 Å². The molecule has 1 aliphatic heterocycles. The Balaban J connectivity index is 2.88. The molecule has 0 fully saturated rings. The quantitative estimate of drug-likeness (QED) is 0.528. The van der Waals surface area contributed by atoms with E-state index in [-0.39, 0.29) is 5.76 Å². The van der Waals surface area contributed by atoms with E-state index >= 15 is 0 Å². The molecule has 9 heavy (non-hydrogen) atoms. The second-order valence-electron chi connectivity index (χ2n) is 1.77. The first-order valence-corrected chi connectivity index (χ1v) is 2.44. The van der Waals surface area contributed by atoms with Gasteiger partial charge in [-0.25, -0.2) is 0 Å². The summed E-state index contributed by atoms with van der Waals surface area (Å²) in [5, 5.41) is 8.96. The minimum absolute atomic E-state index is 0.0267. The number of carbonyl (C=O) groups excluding carboxylic acids is 1. The predicted octanol–water partition coefficient (Wildman–Crippen LogP) is 0.764. The van der Waals surface area contributed by atoms with Crippen LogP contribution in [0.3, 0.4) is 0 Å². The molecule has 0 bridgehead atoms. The fourth-order valence-corrected chi connectivity index (χ4v) is 0.584. The van der Waals surface area contributed by atoms with Crippen LogP contribution >= 0.6 is 0 Å². The summed E-state index contributed by atoms with van der Waals surface area (Å²) in [6, 6.07) is 0. The Morgan fingerprint density at radius 2 is 2.56 bits per heavy atom. The molecule has 3 heteroatoms. The molecule has 3 nitrogen and oxygen atoms in total. The summed E-state index contributed by atoms with van der Waals surface area (Å²) in [5.41, 5.74) is 0. The number of rotatable bonds is 0. The van der Waals surface area contributed by atoms with Gasteiger partial charge in [0.15, 0.2) is 6.10 Å². The Morgan fingerprint density at radius 3 is 2.78 bits per heavy atom. The lowest BCUT2D eigenvalue weighted by Crippen LogP contribution is -2.12. The van der Waals surface area contributed by atoms with Crippen molar-refractivity contribution in [2.75, 3.05) is 0 Å². The summed E-state index contributed by atoms with van der Waals surface area (Å²) in [4.78, 5) is 11.0. The molecule has 0 saturated heterocycles. The lowest BCUT2D eigenvalue weighted by Gasteiger charge is -1.99. The Morgan fingerprint density at radius 1 is 1.89 bits per heavy atom. The van der Waals surface area contributed by atoms with E-state index in [1.165, 1.54) is 6.92 Å². The van der Waals surface area contributed by atoms with E-state index in [1.54, 1.807) is 0 Å². The Labute approximate surface area is 57.2 Å². The maximum Gasteiger partial charge on any atom is 0.240 e. The number of carbonyl (C=O) groups is 1. The van der Waals surface area contributed by atoms with Gasteiger partial charge in [0.1, 0.15) is 5.76 Å². The van der Waals surface area contributed by atoms with Gasteiger partial charge >= 0.3 is 0 Å². The van der Waals surface area contributed by atoms with Gasteiger partial charge in [0.05, 0.1) is 0 Å². The van der Waals surface area contributed by atoms with Crippen molar-refractivity contribution >= 4 is 5.78 Å². The number of ketones is 1. The topological polar surface area (TPSA) is 46.5 Å². The molecule has 1 rings (SSSR count). The van der Waals surface area contributed by atoms with Crippen LogP contribution in [0, 0.1) is 0 Å². The number of allylic oxidation sites excluding steroid dienone is 1. The molecule has 0 amide bonds. The molecule has 0 radical (unpaired) electrons. The molecular formula is C6H8O3. The SMILES string of the molecule is [2H]C([2H])([2H])C1OC(C)=C(O)C1=O. The van der Waals surface area contributed by atoms with E-state index in [9.17, 15) is 4.79 Å². The van der Waals surface area contributed by atoms with Crippen molar-refractivity contribution in [3.8, 4) is 0 Å². The van der Waals surface area contributed by atoms with Crippen molar-refractivity contribution in [2.24, 2.45) is 0 Å². The normalized spacial score (nSPS) is 33.2. The van der Waals surface area contributed by atoms with Gasteiger partial charge in [0, 0.05) is 4.11 Å². The number of Topliss-reactive ketones (excluding diaryl/α,β-unsaturated/α-hetero) is 1. The molecule has 50 valence electrons. The van der Waals surface area contributed by atoms with Crippen molar-refractivity contribution in [1.82, 2.24) is 0 Å². The molecule has 1 heterocycles. The zero-order valence-corrected chi connectivity index (χ0v) is 4.84. The number of aliphatic hydroxyl groups is 1. The lowest BCUT2D eigenvalue weighted by atomic mass is 10.2. The molecule has 0 aromatic carbocycles. The van der Waals surface area contributed by atoms with Gasteiger partial charge in [-0.2, -0.15) is 0 Å². The molecule has 0 saturated carbocycles. The highest BCUT2D eigenvalue weighted by Gasteiger charge is 2.28. The van der Waals surface area contributed by atoms with Gasteiger partial charge in [0.25, 0.3) is 0 Å². The van der Waals surface area contributed by atoms with E-state index in [2.05, 4.69) is 4.74 Å². The highest BCUT2D eigenvalue weighted by molar-refractivity contribution is 5.98. The molecule has 0 spiro atoms. The highest BCUT2D eigenvalue weighted by Crippen LogP contribution is 2.17. The Bertz CT molecular complexity index is 253. The van der Waals surface area contributed by atoms with Gasteiger partial charge in [-0.05, 0) is 13.8 Å².